The summed E-state index contributed by atoms with van der Waals surface area (Å²) in [5.41, 5.74) is 6.11. The number of hydrogen-bond acceptors (Lipinski definition) is 3. The first-order valence-corrected chi connectivity index (χ1v) is 7.26. The van der Waals surface area contributed by atoms with Crippen molar-refractivity contribution in [3.8, 4) is 0 Å². The highest BCUT2D eigenvalue weighted by atomic mass is 32.1. The van der Waals surface area contributed by atoms with Crippen LogP contribution in [0.2, 0.25) is 0 Å². The molecule has 2 aromatic heterocycles. The second kappa shape index (κ2) is 5.81. The molecule has 4 aromatic rings. The smallest absolute Gasteiger partial charge is 0.258 e. The molecule has 0 saturated heterocycles. The zero-order valence-corrected chi connectivity index (χ0v) is 12.0. The van der Waals surface area contributed by atoms with Crippen molar-refractivity contribution >= 4 is 38.3 Å². The van der Waals surface area contributed by atoms with Gasteiger partial charge in [-0.2, -0.15) is 0 Å². The monoisotopic (exact) mass is 295 g/mol. The molecule has 0 radical (unpaired) electrons. The van der Waals surface area contributed by atoms with Gasteiger partial charge in [0.25, 0.3) is 5.91 Å². The number of para-hydroxylation sites is 1. The lowest BCUT2D eigenvalue weighted by molar-refractivity contribution is 0.100. The Morgan fingerprint density at radius 2 is 1.67 bits per heavy atom. The summed E-state index contributed by atoms with van der Waals surface area (Å²) in [7, 11) is 0. The first kappa shape index (κ1) is 13.4. The molecule has 0 fully saturated rings. The van der Waals surface area contributed by atoms with E-state index >= 15 is 0 Å². The fourth-order valence-electron chi connectivity index (χ4n) is 2.01. The van der Waals surface area contributed by atoms with Gasteiger partial charge in [-0.15, -0.1) is 11.3 Å². The molecule has 0 aliphatic rings. The zero-order chi connectivity index (χ0) is 14.7. The van der Waals surface area contributed by atoms with Crippen molar-refractivity contribution in [2.75, 3.05) is 0 Å². The van der Waals surface area contributed by atoms with Crippen molar-refractivity contribution in [2.45, 2.75) is 0 Å². The third-order valence-electron chi connectivity index (χ3n) is 3.03. The van der Waals surface area contributed by atoms with E-state index in [9.17, 15) is 4.79 Å². The number of nitrogens with two attached hydrogens (primary N) is 1. The van der Waals surface area contributed by atoms with Crippen LogP contribution in [0, 0.1) is 0 Å². The molecule has 21 heavy (non-hydrogen) atoms. The molecular formula is C17H13NO2S. The van der Waals surface area contributed by atoms with Crippen LogP contribution in [-0.4, -0.2) is 5.91 Å². The van der Waals surface area contributed by atoms with Crippen molar-refractivity contribution in [3.05, 3.63) is 71.8 Å². The molecule has 3 nitrogen and oxygen atoms in total. The minimum atomic E-state index is -0.351. The van der Waals surface area contributed by atoms with Crippen LogP contribution in [0.25, 0.3) is 21.1 Å². The molecule has 1 amide bonds. The number of thiophene rings is 1. The molecule has 0 saturated carbocycles. The van der Waals surface area contributed by atoms with Crippen molar-refractivity contribution in [2.24, 2.45) is 5.73 Å². The van der Waals surface area contributed by atoms with E-state index in [-0.39, 0.29) is 5.91 Å². The third kappa shape index (κ3) is 2.95. The van der Waals surface area contributed by atoms with Crippen LogP contribution in [0.5, 0.6) is 0 Å². The summed E-state index contributed by atoms with van der Waals surface area (Å²) in [4.78, 5) is 11.4. The summed E-state index contributed by atoms with van der Waals surface area (Å²) in [5.74, 6) is -0.351. The Kier molecular flexibility index (Phi) is 3.71. The second-order valence-corrected chi connectivity index (χ2v) is 5.55. The summed E-state index contributed by atoms with van der Waals surface area (Å²) in [6, 6.07) is 19.6. The Bertz CT molecular complexity index is 828. The molecular weight excluding hydrogens is 282 g/mol. The Balaban J connectivity index is 0.000000131. The van der Waals surface area contributed by atoms with Gasteiger partial charge in [-0.3, -0.25) is 4.79 Å². The summed E-state index contributed by atoms with van der Waals surface area (Å²) < 4.78 is 6.22. The third-order valence-corrected chi connectivity index (χ3v) is 4.16. The highest BCUT2D eigenvalue weighted by Crippen LogP contribution is 2.24. The lowest BCUT2D eigenvalue weighted by Crippen LogP contribution is -2.07. The molecule has 0 spiro atoms. The molecule has 4 heteroatoms. The fourth-order valence-corrected chi connectivity index (χ4v) is 2.92. The van der Waals surface area contributed by atoms with Crippen molar-refractivity contribution in [1.82, 2.24) is 0 Å². The number of primary amides is 1. The van der Waals surface area contributed by atoms with Crippen LogP contribution in [-0.2, 0) is 0 Å². The molecule has 0 bridgehead atoms. The van der Waals surface area contributed by atoms with Crippen LogP contribution < -0.4 is 5.73 Å². The molecule has 2 N–H and O–H groups in total. The van der Waals surface area contributed by atoms with Crippen LogP contribution >= 0.6 is 11.3 Å². The normalized spacial score (nSPS) is 10.3. The standard InChI is InChI=1S/C9H7NOS.C8H6O/c10-9(11)8-5-6-3-1-2-4-7(6)12-8;1-2-4-8-7(3-1)5-6-9-8/h1-5H,(H2,10,11);1-6H. The van der Waals surface area contributed by atoms with Gasteiger partial charge in [0, 0.05) is 10.1 Å². The van der Waals surface area contributed by atoms with Gasteiger partial charge in [0.15, 0.2) is 0 Å². The number of fused-ring (bicyclic) bond motifs is 2. The number of rotatable bonds is 1. The Morgan fingerprint density at radius 1 is 0.952 bits per heavy atom. The maximum atomic E-state index is 10.8. The predicted octanol–water partition coefficient (Wildman–Crippen LogP) is 4.43. The number of amides is 1. The van der Waals surface area contributed by atoms with E-state index in [0.29, 0.717) is 4.88 Å². The molecule has 0 atom stereocenters. The lowest BCUT2D eigenvalue weighted by Gasteiger charge is -1.82. The van der Waals surface area contributed by atoms with Crippen LogP contribution in [0.1, 0.15) is 9.67 Å². The van der Waals surface area contributed by atoms with Gasteiger partial charge in [0.1, 0.15) is 5.58 Å². The van der Waals surface area contributed by atoms with Gasteiger partial charge in [-0.25, -0.2) is 0 Å². The summed E-state index contributed by atoms with van der Waals surface area (Å²) in [5, 5.41) is 2.24. The quantitative estimate of drug-likeness (QED) is 0.564. The molecule has 0 unspecified atom stereocenters. The molecule has 4 rings (SSSR count). The minimum Gasteiger partial charge on any atom is -0.464 e. The van der Waals surface area contributed by atoms with Gasteiger partial charge in [0.2, 0.25) is 0 Å². The lowest BCUT2D eigenvalue weighted by atomic mass is 10.2. The maximum absolute atomic E-state index is 10.8. The van der Waals surface area contributed by atoms with E-state index in [1.54, 1.807) is 6.26 Å². The Labute approximate surface area is 125 Å². The SMILES string of the molecule is NC(=O)c1cc2ccccc2s1.c1ccc2occc2c1. The van der Waals surface area contributed by atoms with Crippen LogP contribution in [0.4, 0.5) is 0 Å². The van der Waals surface area contributed by atoms with E-state index in [4.69, 9.17) is 10.2 Å². The minimum absolute atomic E-state index is 0.351. The molecule has 104 valence electrons. The summed E-state index contributed by atoms with van der Waals surface area (Å²) in [6.07, 6.45) is 1.70. The number of carbonyl (C=O) groups is 1. The highest BCUT2D eigenvalue weighted by molar-refractivity contribution is 7.20. The van der Waals surface area contributed by atoms with E-state index < -0.39 is 0 Å². The van der Waals surface area contributed by atoms with Crippen molar-refractivity contribution < 1.29 is 9.21 Å². The Morgan fingerprint density at radius 3 is 2.38 bits per heavy atom. The number of hydrogen-bond donors (Lipinski definition) is 1. The number of carbonyl (C=O) groups excluding carboxylic acids is 1. The predicted molar refractivity (Wildman–Crippen MR) is 86.6 cm³/mol. The molecule has 0 aliphatic carbocycles. The number of benzene rings is 2. The first-order chi connectivity index (χ1) is 10.2. The van der Waals surface area contributed by atoms with Crippen molar-refractivity contribution in [1.29, 1.82) is 0 Å². The van der Waals surface area contributed by atoms with Gasteiger partial charge in [-0.1, -0.05) is 36.4 Å². The van der Waals surface area contributed by atoms with E-state index in [0.717, 1.165) is 21.1 Å². The van der Waals surface area contributed by atoms with Crippen molar-refractivity contribution in [3.63, 3.8) is 0 Å². The highest BCUT2D eigenvalue weighted by Gasteiger charge is 2.04. The average Bonchev–Trinajstić information content (AvgIpc) is 3.14. The fraction of sp³-hybridized carbons (Fsp3) is 0. The van der Waals surface area contributed by atoms with Gasteiger partial charge in [0.05, 0.1) is 11.1 Å². The van der Waals surface area contributed by atoms with E-state index in [1.165, 1.54) is 11.3 Å². The molecule has 2 aromatic carbocycles. The molecule has 2 heterocycles. The summed E-state index contributed by atoms with van der Waals surface area (Å²) >= 11 is 1.43. The van der Waals surface area contributed by atoms with E-state index in [1.807, 2.05) is 60.7 Å². The average molecular weight is 295 g/mol. The molecule has 0 aliphatic heterocycles. The maximum Gasteiger partial charge on any atom is 0.258 e. The van der Waals surface area contributed by atoms with Gasteiger partial charge >= 0.3 is 0 Å². The van der Waals surface area contributed by atoms with E-state index in [2.05, 4.69) is 0 Å². The first-order valence-electron chi connectivity index (χ1n) is 6.44. The van der Waals surface area contributed by atoms with Gasteiger partial charge in [-0.05, 0) is 29.7 Å². The Hall–Kier alpha value is -2.59. The summed E-state index contributed by atoms with van der Waals surface area (Å²) in [6.45, 7) is 0. The number of furan rings is 1. The topological polar surface area (TPSA) is 56.2 Å². The van der Waals surface area contributed by atoms with Crippen LogP contribution in [0.15, 0.2) is 71.3 Å². The second-order valence-electron chi connectivity index (χ2n) is 4.47. The largest absolute Gasteiger partial charge is 0.464 e. The zero-order valence-electron chi connectivity index (χ0n) is 11.2. The van der Waals surface area contributed by atoms with Gasteiger partial charge < -0.3 is 10.2 Å². The van der Waals surface area contributed by atoms with Crippen LogP contribution in [0.3, 0.4) is 0 Å².